The summed E-state index contributed by atoms with van der Waals surface area (Å²) >= 11 is 0. The zero-order chi connectivity index (χ0) is 12.4. The first-order valence-electron chi connectivity index (χ1n) is 5.16. The van der Waals surface area contributed by atoms with Gasteiger partial charge in [-0.3, -0.25) is 4.79 Å². The molecule has 3 nitrogen and oxygen atoms in total. The van der Waals surface area contributed by atoms with E-state index in [4.69, 9.17) is 0 Å². The highest BCUT2D eigenvalue weighted by atomic mass is 19.2. The second kappa shape index (κ2) is 4.45. The molecule has 0 aliphatic rings. The number of aromatic nitrogens is 2. The molecule has 1 heterocycles. The molecule has 0 aliphatic carbocycles. The molecule has 0 atom stereocenters. The molecule has 0 unspecified atom stereocenters. The first-order chi connectivity index (χ1) is 8.10. The fourth-order valence-electron chi connectivity index (χ4n) is 1.47. The lowest BCUT2D eigenvalue weighted by Gasteiger charge is -2.03. The molecule has 0 radical (unpaired) electrons. The van der Waals surface area contributed by atoms with Gasteiger partial charge in [-0.05, 0) is 24.6 Å². The van der Waals surface area contributed by atoms with Gasteiger partial charge in [0.05, 0.1) is 0 Å². The Bertz CT molecular complexity index is 608. The highest BCUT2D eigenvalue weighted by molar-refractivity contribution is 5.54. The highest BCUT2D eigenvalue weighted by Crippen LogP contribution is 2.17. The SMILES string of the molecule is CCc1cc(=O)[nH]c(-c2ccc(F)c(F)c2)n1. The number of hydrogen-bond acceptors (Lipinski definition) is 2. The molecule has 2 aromatic rings. The average molecular weight is 236 g/mol. The monoisotopic (exact) mass is 236 g/mol. The third-order valence-electron chi connectivity index (χ3n) is 2.35. The Balaban J connectivity index is 2.55. The van der Waals surface area contributed by atoms with Crippen molar-refractivity contribution in [2.75, 3.05) is 0 Å². The minimum Gasteiger partial charge on any atom is -0.307 e. The molecule has 17 heavy (non-hydrogen) atoms. The minimum absolute atomic E-state index is 0.244. The van der Waals surface area contributed by atoms with E-state index >= 15 is 0 Å². The Morgan fingerprint density at radius 2 is 2.00 bits per heavy atom. The topological polar surface area (TPSA) is 45.8 Å². The molecule has 0 amide bonds. The van der Waals surface area contributed by atoms with Gasteiger partial charge in [0.2, 0.25) is 0 Å². The predicted molar refractivity (Wildman–Crippen MR) is 59.6 cm³/mol. The van der Waals surface area contributed by atoms with Crippen LogP contribution in [0.3, 0.4) is 0 Å². The maximum Gasteiger partial charge on any atom is 0.251 e. The molecular weight excluding hydrogens is 226 g/mol. The molecule has 5 heteroatoms. The van der Waals surface area contributed by atoms with Crippen LogP contribution in [-0.4, -0.2) is 9.97 Å². The summed E-state index contributed by atoms with van der Waals surface area (Å²) in [6.45, 7) is 1.86. The molecule has 0 saturated heterocycles. The first-order valence-corrected chi connectivity index (χ1v) is 5.16. The fourth-order valence-corrected chi connectivity index (χ4v) is 1.47. The molecule has 1 aromatic carbocycles. The lowest BCUT2D eigenvalue weighted by Crippen LogP contribution is -2.10. The summed E-state index contributed by atoms with van der Waals surface area (Å²) in [6, 6.07) is 4.76. The summed E-state index contributed by atoms with van der Waals surface area (Å²) in [6.07, 6.45) is 0.598. The average Bonchev–Trinajstić information content (AvgIpc) is 2.32. The number of hydrogen-bond donors (Lipinski definition) is 1. The Kier molecular flexibility index (Phi) is 2.99. The number of nitrogens with zero attached hydrogens (tertiary/aromatic N) is 1. The van der Waals surface area contributed by atoms with E-state index in [1.54, 1.807) is 0 Å². The van der Waals surface area contributed by atoms with Crippen molar-refractivity contribution in [3.8, 4) is 11.4 Å². The lowest BCUT2D eigenvalue weighted by molar-refractivity contribution is 0.509. The number of benzene rings is 1. The zero-order valence-corrected chi connectivity index (χ0v) is 9.13. The Morgan fingerprint density at radius 3 is 2.65 bits per heavy atom. The standard InChI is InChI=1S/C12H10F2N2O/c1-2-8-6-11(17)16-12(15-8)7-3-4-9(13)10(14)5-7/h3-6H,2H2,1H3,(H,15,16,17). The summed E-state index contributed by atoms with van der Waals surface area (Å²) in [7, 11) is 0. The van der Waals surface area contributed by atoms with Gasteiger partial charge in [-0.1, -0.05) is 6.92 Å². The molecule has 2 rings (SSSR count). The molecule has 88 valence electrons. The van der Waals surface area contributed by atoms with Crippen molar-refractivity contribution in [2.45, 2.75) is 13.3 Å². The highest BCUT2D eigenvalue weighted by Gasteiger charge is 2.07. The molecule has 1 N–H and O–H groups in total. The maximum absolute atomic E-state index is 13.1. The summed E-state index contributed by atoms with van der Waals surface area (Å²) in [4.78, 5) is 18.0. The molecular formula is C12H10F2N2O. The summed E-state index contributed by atoms with van der Waals surface area (Å²) in [5.74, 6) is -1.65. The minimum atomic E-state index is -0.966. The number of nitrogens with one attached hydrogen (secondary N) is 1. The molecule has 0 bridgehead atoms. The van der Waals surface area contributed by atoms with Crippen molar-refractivity contribution in [1.82, 2.24) is 9.97 Å². The first kappa shape index (κ1) is 11.4. The Morgan fingerprint density at radius 1 is 1.24 bits per heavy atom. The van der Waals surface area contributed by atoms with E-state index in [0.29, 0.717) is 17.7 Å². The molecule has 0 spiro atoms. The van der Waals surface area contributed by atoms with Gasteiger partial charge in [0.15, 0.2) is 11.6 Å². The molecule has 1 aromatic heterocycles. The van der Waals surface area contributed by atoms with Crippen molar-refractivity contribution >= 4 is 0 Å². The second-order valence-electron chi connectivity index (χ2n) is 3.57. The lowest BCUT2D eigenvalue weighted by atomic mass is 10.2. The van der Waals surface area contributed by atoms with Gasteiger partial charge in [-0.25, -0.2) is 13.8 Å². The van der Waals surface area contributed by atoms with Gasteiger partial charge in [-0.15, -0.1) is 0 Å². The van der Waals surface area contributed by atoms with Crippen molar-refractivity contribution in [2.24, 2.45) is 0 Å². The molecule has 0 saturated carbocycles. The number of aromatic amines is 1. The van der Waals surface area contributed by atoms with Gasteiger partial charge in [0, 0.05) is 17.3 Å². The van der Waals surface area contributed by atoms with E-state index < -0.39 is 11.6 Å². The normalized spacial score (nSPS) is 10.5. The van der Waals surface area contributed by atoms with E-state index in [9.17, 15) is 13.6 Å². The van der Waals surface area contributed by atoms with Crippen LogP contribution in [-0.2, 0) is 6.42 Å². The van der Waals surface area contributed by atoms with Crippen LogP contribution >= 0.6 is 0 Å². The van der Waals surface area contributed by atoms with Crippen LogP contribution in [0.1, 0.15) is 12.6 Å². The van der Waals surface area contributed by atoms with Crippen LogP contribution in [0.15, 0.2) is 29.1 Å². The van der Waals surface area contributed by atoms with Crippen molar-refractivity contribution in [3.05, 3.63) is 51.9 Å². The summed E-state index contributed by atoms with van der Waals surface area (Å²) in [5, 5.41) is 0. The van der Waals surface area contributed by atoms with Gasteiger partial charge in [0.25, 0.3) is 5.56 Å². The third-order valence-corrected chi connectivity index (χ3v) is 2.35. The van der Waals surface area contributed by atoms with Gasteiger partial charge < -0.3 is 4.98 Å². The molecule has 0 aliphatic heterocycles. The van der Waals surface area contributed by atoms with Crippen LogP contribution < -0.4 is 5.56 Å². The van der Waals surface area contributed by atoms with Crippen molar-refractivity contribution in [1.29, 1.82) is 0 Å². The van der Waals surface area contributed by atoms with Gasteiger partial charge in [-0.2, -0.15) is 0 Å². The predicted octanol–water partition coefficient (Wildman–Crippen LogP) is 2.28. The number of halogens is 2. The van der Waals surface area contributed by atoms with Crippen LogP contribution in [0.4, 0.5) is 8.78 Å². The Hall–Kier alpha value is -2.04. The fraction of sp³-hybridized carbons (Fsp3) is 0.167. The van der Waals surface area contributed by atoms with E-state index in [0.717, 1.165) is 12.1 Å². The second-order valence-corrected chi connectivity index (χ2v) is 3.57. The number of H-pyrrole nitrogens is 1. The number of aryl methyl sites for hydroxylation is 1. The van der Waals surface area contributed by atoms with E-state index in [-0.39, 0.29) is 11.4 Å². The smallest absolute Gasteiger partial charge is 0.251 e. The van der Waals surface area contributed by atoms with E-state index in [1.807, 2.05) is 6.92 Å². The van der Waals surface area contributed by atoms with Crippen molar-refractivity contribution in [3.63, 3.8) is 0 Å². The quantitative estimate of drug-likeness (QED) is 0.869. The third kappa shape index (κ3) is 2.38. The van der Waals surface area contributed by atoms with E-state index in [2.05, 4.69) is 9.97 Å². The summed E-state index contributed by atoms with van der Waals surface area (Å²) in [5.41, 5.74) is 0.640. The summed E-state index contributed by atoms with van der Waals surface area (Å²) < 4.78 is 25.8. The van der Waals surface area contributed by atoms with E-state index in [1.165, 1.54) is 12.1 Å². The van der Waals surface area contributed by atoms with Gasteiger partial charge >= 0.3 is 0 Å². The number of rotatable bonds is 2. The van der Waals surface area contributed by atoms with Crippen LogP contribution in [0.2, 0.25) is 0 Å². The zero-order valence-electron chi connectivity index (χ0n) is 9.13. The van der Waals surface area contributed by atoms with Crippen LogP contribution in [0, 0.1) is 11.6 Å². The van der Waals surface area contributed by atoms with Gasteiger partial charge in [0.1, 0.15) is 5.82 Å². The molecule has 0 fully saturated rings. The van der Waals surface area contributed by atoms with Crippen molar-refractivity contribution < 1.29 is 8.78 Å². The van der Waals surface area contributed by atoms with Crippen LogP contribution in [0.5, 0.6) is 0 Å². The maximum atomic E-state index is 13.1. The largest absolute Gasteiger partial charge is 0.307 e. The van der Waals surface area contributed by atoms with Crippen LogP contribution in [0.25, 0.3) is 11.4 Å². The Labute approximate surface area is 96.2 Å².